The van der Waals surface area contributed by atoms with Gasteiger partial charge in [-0.15, -0.1) is 0 Å². The lowest BCUT2D eigenvalue weighted by molar-refractivity contribution is 0.251. The fourth-order valence-corrected chi connectivity index (χ4v) is 3.37. The first-order valence-corrected chi connectivity index (χ1v) is 10.1. The summed E-state index contributed by atoms with van der Waals surface area (Å²) in [5, 5.41) is 8.51. The Balaban J connectivity index is 1.54. The number of benzene rings is 2. The zero-order valence-corrected chi connectivity index (χ0v) is 17.1. The van der Waals surface area contributed by atoms with Crippen molar-refractivity contribution in [1.82, 2.24) is 15.5 Å². The fraction of sp³-hybridized carbons (Fsp3) is 0.364. The molecule has 1 saturated heterocycles. The predicted octanol–water partition coefficient (Wildman–Crippen LogP) is 3.38. The largest absolute Gasteiger partial charge is 0.336 e. The number of nitrogens with zero attached hydrogens (tertiary/aromatic N) is 2. The molecule has 2 aromatic rings. The van der Waals surface area contributed by atoms with Gasteiger partial charge in [0.25, 0.3) is 0 Å². The molecule has 0 aliphatic carbocycles. The number of urea groups is 2. The Morgan fingerprint density at radius 1 is 1.10 bits per heavy atom. The van der Waals surface area contributed by atoms with Crippen molar-refractivity contribution in [2.45, 2.75) is 26.9 Å². The zero-order valence-electron chi connectivity index (χ0n) is 17.1. The highest BCUT2D eigenvalue weighted by Gasteiger charge is 2.21. The van der Waals surface area contributed by atoms with Crippen molar-refractivity contribution >= 4 is 23.4 Å². The molecule has 154 valence electrons. The zero-order chi connectivity index (χ0) is 20.6. The summed E-state index contributed by atoms with van der Waals surface area (Å²) < 4.78 is 0. The summed E-state index contributed by atoms with van der Waals surface area (Å²) in [4.78, 5) is 28.1. The van der Waals surface area contributed by atoms with E-state index >= 15 is 0 Å². The maximum Gasteiger partial charge on any atom is 0.321 e. The molecule has 1 aliphatic heterocycles. The normalized spacial score (nSPS) is 13.5. The number of hydrogen-bond donors (Lipinski definition) is 3. The Labute approximate surface area is 172 Å². The van der Waals surface area contributed by atoms with Gasteiger partial charge in [0.05, 0.1) is 0 Å². The Kier molecular flexibility index (Phi) is 7.08. The first-order valence-electron chi connectivity index (χ1n) is 10.1. The van der Waals surface area contributed by atoms with Crippen LogP contribution >= 0.6 is 0 Å². The van der Waals surface area contributed by atoms with Gasteiger partial charge in [-0.1, -0.05) is 44.2 Å². The van der Waals surface area contributed by atoms with Gasteiger partial charge in [-0.3, -0.25) is 9.80 Å². The maximum atomic E-state index is 12.3. The Morgan fingerprint density at radius 2 is 1.86 bits per heavy atom. The van der Waals surface area contributed by atoms with Gasteiger partial charge in [0.1, 0.15) is 0 Å². The van der Waals surface area contributed by atoms with E-state index in [1.165, 1.54) is 5.56 Å². The number of hydrogen-bond acceptors (Lipinski definition) is 3. The Hall–Kier alpha value is -3.06. The molecule has 0 unspecified atom stereocenters. The Morgan fingerprint density at radius 3 is 2.59 bits per heavy atom. The van der Waals surface area contributed by atoms with Crippen LogP contribution in [0.1, 0.15) is 25.0 Å². The van der Waals surface area contributed by atoms with Crippen LogP contribution in [0.25, 0.3) is 0 Å². The number of carbonyl (C=O) groups excluding carboxylic acids is 2. The summed E-state index contributed by atoms with van der Waals surface area (Å²) in [6.45, 7) is 8.95. The van der Waals surface area contributed by atoms with Crippen LogP contribution in [0.2, 0.25) is 0 Å². The van der Waals surface area contributed by atoms with Gasteiger partial charge < -0.3 is 16.0 Å². The molecule has 2 aromatic carbocycles. The molecule has 4 amide bonds. The van der Waals surface area contributed by atoms with E-state index in [0.717, 1.165) is 30.9 Å². The lowest BCUT2D eigenvalue weighted by atomic mass is 10.1. The second-order valence-corrected chi connectivity index (χ2v) is 7.02. The number of rotatable bonds is 8. The van der Waals surface area contributed by atoms with Gasteiger partial charge in [-0.25, -0.2) is 9.59 Å². The van der Waals surface area contributed by atoms with Crippen molar-refractivity contribution in [3.05, 3.63) is 59.7 Å². The Bertz CT molecular complexity index is 851. The van der Waals surface area contributed by atoms with Crippen LogP contribution in [0.4, 0.5) is 21.0 Å². The van der Waals surface area contributed by atoms with Crippen LogP contribution in [0.15, 0.2) is 48.5 Å². The molecule has 0 bridgehead atoms. The smallest absolute Gasteiger partial charge is 0.321 e. The van der Waals surface area contributed by atoms with E-state index in [2.05, 4.69) is 46.8 Å². The first kappa shape index (κ1) is 20.7. The highest BCUT2D eigenvalue weighted by molar-refractivity contribution is 5.95. The monoisotopic (exact) mass is 395 g/mol. The molecule has 3 N–H and O–H groups in total. The van der Waals surface area contributed by atoms with Gasteiger partial charge in [0.15, 0.2) is 0 Å². The number of amides is 4. The first-order chi connectivity index (χ1) is 14.1. The van der Waals surface area contributed by atoms with Gasteiger partial charge in [0.2, 0.25) is 0 Å². The molecule has 0 aromatic heterocycles. The van der Waals surface area contributed by atoms with Crippen LogP contribution in [0.3, 0.4) is 0 Å². The van der Waals surface area contributed by atoms with E-state index in [9.17, 15) is 9.59 Å². The molecule has 0 saturated carbocycles. The minimum atomic E-state index is -0.276. The molecule has 1 fully saturated rings. The molecule has 0 spiro atoms. The van der Waals surface area contributed by atoms with Crippen molar-refractivity contribution in [3.8, 4) is 0 Å². The molecule has 1 aliphatic rings. The molecule has 0 radical (unpaired) electrons. The summed E-state index contributed by atoms with van der Waals surface area (Å²) in [6.07, 6.45) is 0. The van der Waals surface area contributed by atoms with Crippen molar-refractivity contribution in [3.63, 3.8) is 0 Å². The second kappa shape index (κ2) is 9.93. The van der Waals surface area contributed by atoms with Crippen LogP contribution < -0.4 is 20.9 Å². The average molecular weight is 396 g/mol. The molecular formula is C22H29N5O2. The van der Waals surface area contributed by atoms with E-state index < -0.39 is 0 Å². The second-order valence-electron chi connectivity index (χ2n) is 7.02. The molecule has 3 rings (SSSR count). The van der Waals surface area contributed by atoms with E-state index in [0.29, 0.717) is 25.3 Å². The van der Waals surface area contributed by atoms with Crippen molar-refractivity contribution in [1.29, 1.82) is 0 Å². The number of anilines is 2. The summed E-state index contributed by atoms with van der Waals surface area (Å²) in [6, 6.07) is 15.2. The van der Waals surface area contributed by atoms with Crippen molar-refractivity contribution in [2.24, 2.45) is 0 Å². The van der Waals surface area contributed by atoms with Gasteiger partial charge in [0, 0.05) is 37.6 Å². The predicted molar refractivity (Wildman–Crippen MR) is 116 cm³/mol. The van der Waals surface area contributed by atoms with Crippen LogP contribution in [-0.4, -0.2) is 43.1 Å². The molecule has 29 heavy (non-hydrogen) atoms. The molecular weight excluding hydrogens is 366 g/mol. The summed E-state index contributed by atoms with van der Waals surface area (Å²) in [5.41, 5.74) is 3.72. The van der Waals surface area contributed by atoms with E-state index in [1.807, 2.05) is 30.3 Å². The highest BCUT2D eigenvalue weighted by atomic mass is 16.2. The minimum Gasteiger partial charge on any atom is -0.336 e. The fourth-order valence-electron chi connectivity index (χ4n) is 3.37. The summed E-state index contributed by atoms with van der Waals surface area (Å²) in [7, 11) is 0. The average Bonchev–Trinajstić information content (AvgIpc) is 3.17. The molecule has 0 atom stereocenters. The van der Waals surface area contributed by atoms with Gasteiger partial charge in [-0.2, -0.15) is 0 Å². The van der Waals surface area contributed by atoms with E-state index in [-0.39, 0.29) is 12.1 Å². The van der Waals surface area contributed by atoms with Gasteiger partial charge in [-0.05, 0) is 42.4 Å². The molecule has 7 nitrogen and oxygen atoms in total. The van der Waals surface area contributed by atoms with Crippen molar-refractivity contribution < 1.29 is 9.59 Å². The topological polar surface area (TPSA) is 76.7 Å². The lowest BCUT2D eigenvalue weighted by Crippen LogP contribution is -2.29. The van der Waals surface area contributed by atoms with E-state index in [4.69, 9.17) is 0 Å². The van der Waals surface area contributed by atoms with E-state index in [1.54, 1.807) is 11.0 Å². The third-order valence-electron chi connectivity index (χ3n) is 5.02. The molecule has 1 heterocycles. The quantitative estimate of drug-likeness (QED) is 0.641. The summed E-state index contributed by atoms with van der Waals surface area (Å²) in [5.74, 6) is 0. The number of carbonyl (C=O) groups is 2. The SMILES string of the molecule is CCN(CC)Cc1cccc(CNC(=O)Nc2cccc(N3CCNC3=O)c2)c1. The van der Waals surface area contributed by atoms with Crippen LogP contribution in [-0.2, 0) is 13.1 Å². The summed E-state index contributed by atoms with van der Waals surface area (Å²) >= 11 is 0. The van der Waals surface area contributed by atoms with Crippen molar-refractivity contribution in [2.75, 3.05) is 36.4 Å². The van der Waals surface area contributed by atoms with Crippen LogP contribution in [0, 0.1) is 0 Å². The minimum absolute atomic E-state index is 0.115. The third-order valence-corrected chi connectivity index (χ3v) is 5.02. The highest BCUT2D eigenvalue weighted by Crippen LogP contribution is 2.21. The standard InChI is InChI=1S/C22H29N5O2/c1-3-26(4-2)16-18-8-5-7-17(13-18)15-24-21(28)25-19-9-6-10-20(14-19)27-12-11-23-22(27)29/h5-10,13-14H,3-4,11-12,15-16H2,1-2H3,(H,23,29)(H2,24,25,28). The van der Waals surface area contributed by atoms with Crippen LogP contribution in [0.5, 0.6) is 0 Å². The third kappa shape index (κ3) is 5.71. The number of nitrogens with one attached hydrogen (secondary N) is 3. The maximum absolute atomic E-state index is 12.3. The molecule has 7 heteroatoms. The lowest BCUT2D eigenvalue weighted by Gasteiger charge is -2.18. The van der Waals surface area contributed by atoms with Gasteiger partial charge >= 0.3 is 12.1 Å².